The van der Waals surface area contributed by atoms with E-state index in [1.54, 1.807) is 24.5 Å². The Kier molecular flexibility index (Phi) is 2.86. The Hall–Kier alpha value is -1.35. The van der Waals surface area contributed by atoms with Gasteiger partial charge in [-0.1, -0.05) is 0 Å². The zero-order chi connectivity index (χ0) is 12.7. The van der Waals surface area contributed by atoms with Gasteiger partial charge in [0, 0.05) is 23.9 Å². The third kappa shape index (κ3) is 2.03. The van der Waals surface area contributed by atoms with E-state index in [0.717, 1.165) is 26.3 Å². The summed E-state index contributed by atoms with van der Waals surface area (Å²) in [5, 5.41) is 2.70. The molecule has 0 unspecified atom stereocenters. The quantitative estimate of drug-likeness (QED) is 0.616. The number of hydrogen-bond acceptors (Lipinski definition) is 5. The lowest BCUT2D eigenvalue weighted by molar-refractivity contribution is -0.115. The summed E-state index contributed by atoms with van der Waals surface area (Å²) in [5.74, 6) is 0.140. The lowest BCUT2D eigenvalue weighted by Gasteiger charge is -1.90. The molecule has 0 atom stereocenters. The molecule has 1 aliphatic heterocycles. The van der Waals surface area contributed by atoms with Crippen LogP contribution in [0, 0.1) is 3.57 Å². The van der Waals surface area contributed by atoms with Crippen LogP contribution >= 0.6 is 34.4 Å². The van der Waals surface area contributed by atoms with Crippen molar-refractivity contribution < 1.29 is 14.0 Å². The smallest absolute Gasteiger partial charge is 0.290 e. The predicted octanol–water partition coefficient (Wildman–Crippen LogP) is 2.76. The Balaban J connectivity index is 2.06. The van der Waals surface area contributed by atoms with Crippen LogP contribution in [-0.4, -0.2) is 16.1 Å². The largest absolute Gasteiger partial charge is 0.455 e. The van der Waals surface area contributed by atoms with Gasteiger partial charge in [-0.25, -0.2) is 0 Å². The van der Waals surface area contributed by atoms with Crippen LogP contribution < -0.4 is 5.32 Å². The van der Waals surface area contributed by atoms with Gasteiger partial charge in [0.2, 0.25) is 0 Å². The molecule has 3 rings (SSSR count). The number of pyridine rings is 1. The van der Waals surface area contributed by atoms with Gasteiger partial charge >= 0.3 is 0 Å². The van der Waals surface area contributed by atoms with Gasteiger partial charge in [-0.3, -0.25) is 19.9 Å². The van der Waals surface area contributed by atoms with Crippen LogP contribution in [0.2, 0.25) is 0 Å². The Labute approximate surface area is 119 Å². The first-order valence-corrected chi connectivity index (χ1v) is 6.81. The zero-order valence-corrected chi connectivity index (χ0v) is 11.7. The Bertz CT molecular complexity index is 707. The van der Waals surface area contributed by atoms with E-state index < -0.39 is 5.91 Å². The molecule has 0 saturated carbocycles. The minimum absolute atomic E-state index is 0.335. The molecule has 0 radical (unpaired) electrons. The molecule has 90 valence electrons. The molecule has 0 aromatic carbocycles. The monoisotopic (exact) mass is 372 g/mol. The number of aromatic nitrogens is 1. The van der Waals surface area contributed by atoms with Crippen molar-refractivity contribution in [2.24, 2.45) is 0 Å². The fraction of sp³-hybridized carbons (Fsp3) is 0. The average molecular weight is 372 g/mol. The van der Waals surface area contributed by atoms with E-state index in [2.05, 4.69) is 32.9 Å². The summed E-state index contributed by atoms with van der Waals surface area (Å²) in [7, 11) is 0. The van der Waals surface area contributed by atoms with Gasteiger partial charge in [-0.05, 0) is 40.4 Å². The van der Waals surface area contributed by atoms with Crippen molar-refractivity contribution in [3.8, 4) is 0 Å². The second-order valence-corrected chi connectivity index (χ2v) is 5.72. The van der Waals surface area contributed by atoms with Crippen LogP contribution in [0.15, 0.2) is 27.8 Å². The van der Waals surface area contributed by atoms with Crippen molar-refractivity contribution in [3.63, 3.8) is 0 Å². The van der Waals surface area contributed by atoms with Crippen LogP contribution in [0.3, 0.4) is 0 Å². The average Bonchev–Trinajstić information content (AvgIpc) is 2.84. The fourth-order valence-corrected chi connectivity index (χ4v) is 2.82. The van der Waals surface area contributed by atoms with Crippen molar-refractivity contribution in [3.05, 3.63) is 32.7 Å². The highest BCUT2D eigenvalue weighted by atomic mass is 127. The number of carbonyl (C=O) groups excluding carboxylic acids is 2. The van der Waals surface area contributed by atoms with Gasteiger partial charge in [0.25, 0.3) is 11.1 Å². The van der Waals surface area contributed by atoms with Gasteiger partial charge < -0.3 is 4.42 Å². The Morgan fingerprint density at radius 2 is 2.22 bits per heavy atom. The fourth-order valence-electron chi connectivity index (χ4n) is 1.57. The first-order valence-electron chi connectivity index (χ1n) is 4.91. The van der Waals surface area contributed by atoms with E-state index in [-0.39, 0.29) is 5.24 Å². The molecule has 0 bridgehead atoms. The number of hydrogen-bond donors (Lipinski definition) is 1. The number of amides is 2. The first-order chi connectivity index (χ1) is 8.63. The van der Waals surface area contributed by atoms with Crippen LogP contribution in [0.1, 0.15) is 5.76 Å². The Morgan fingerprint density at radius 1 is 1.39 bits per heavy atom. The van der Waals surface area contributed by atoms with Crippen molar-refractivity contribution in [2.45, 2.75) is 0 Å². The molecule has 1 N–H and O–H groups in total. The summed E-state index contributed by atoms with van der Waals surface area (Å²) in [5.41, 5.74) is 0.729. The number of halogens is 1. The van der Waals surface area contributed by atoms with Crippen LogP contribution in [0.4, 0.5) is 4.79 Å². The summed E-state index contributed by atoms with van der Waals surface area (Å²) in [6, 6.07) is 1.79. The maximum atomic E-state index is 11.4. The molecule has 18 heavy (non-hydrogen) atoms. The van der Waals surface area contributed by atoms with Crippen LogP contribution in [-0.2, 0) is 4.79 Å². The van der Waals surface area contributed by atoms with Crippen LogP contribution in [0.25, 0.3) is 17.0 Å². The minimum Gasteiger partial charge on any atom is -0.455 e. The topological polar surface area (TPSA) is 72.2 Å². The van der Waals surface area contributed by atoms with E-state index >= 15 is 0 Å². The van der Waals surface area contributed by atoms with Gasteiger partial charge in [0.05, 0.1) is 8.48 Å². The molecule has 1 aliphatic rings. The standard InChI is InChI=1S/C11H5IN2O3S/c12-7-4-13-3-5-1-6(17-9(5)7)2-8-10(15)14-11(16)18-8/h1-4H,(H,14,15,16)/b8-2-. The molecule has 5 nitrogen and oxygen atoms in total. The van der Waals surface area contributed by atoms with Crippen molar-refractivity contribution in [1.82, 2.24) is 10.3 Å². The van der Waals surface area contributed by atoms with E-state index in [1.165, 1.54) is 0 Å². The summed E-state index contributed by atoms with van der Waals surface area (Å²) < 4.78 is 6.51. The second kappa shape index (κ2) is 4.39. The van der Waals surface area contributed by atoms with Gasteiger partial charge in [-0.15, -0.1) is 0 Å². The van der Waals surface area contributed by atoms with Crippen molar-refractivity contribution in [2.75, 3.05) is 0 Å². The summed E-state index contributed by atoms with van der Waals surface area (Å²) >= 11 is 2.99. The predicted molar refractivity (Wildman–Crippen MR) is 75.8 cm³/mol. The zero-order valence-electron chi connectivity index (χ0n) is 8.77. The molecule has 7 heteroatoms. The second-order valence-electron chi connectivity index (χ2n) is 3.54. The third-order valence-electron chi connectivity index (χ3n) is 2.31. The molecular formula is C11H5IN2O3S. The number of rotatable bonds is 1. The number of furan rings is 1. The summed E-state index contributed by atoms with van der Waals surface area (Å²) in [6.45, 7) is 0. The number of carbonyl (C=O) groups is 2. The Morgan fingerprint density at radius 3 is 2.89 bits per heavy atom. The van der Waals surface area contributed by atoms with Gasteiger partial charge in [-0.2, -0.15) is 0 Å². The molecule has 2 amide bonds. The maximum absolute atomic E-state index is 11.4. The SMILES string of the molecule is O=C1NC(=O)/C(=C/c2cc3cncc(I)c3o2)S1. The van der Waals surface area contributed by atoms with E-state index in [0.29, 0.717) is 10.7 Å². The highest BCUT2D eigenvalue weighted by Gasteiger charge is 2.25. The molecule has 2 aromatic rings. The number of imide groups is 1. The summed E-state index contributed by atoms with van der Waals surface area (Å²) in [4.78, 5) is 26.8. The number of fused-ring (bicyclic) bond motifs is 1. The third-order valence-corrected chi connectivity index (χ3v) is 3.89. The van der Waals surface area contributed by atoms with Crippen molar-refractivity contribution >= 4 is 62.5 Å². The normalized spacial score (nSPS) is 17.7. The molecule has 0 spiro atoms. The number of nitrogens with zero attached hydrogens (tertiary/aromatic N) is 1. The van der Waals surface area contributed by atoms with Gasteiger partial charge in [0.1, 0.15) is 5.76 Å². The first kappa shape index (κ1) is 11.7. The molecule has 2 aromatic heterocycles. The molecule has 1 saturated heterocycles. The molecule has 3 heterocycles. The van der Waals surface area contributed by atoms with E-state index in [9.17, 15) is 9.59 Å². The van der Waals surface area contributed by atoms with E-state index in [1.807, 2.05) is 0 Å². The molecule has 0 aliphatic carbocycles. The summed E-state index contributed by atoms with van der Waals surface area (Å²) in [6.07, 6.45) is 4.95. The highest BCUT2D eigenvalue weighted by molar-refractivity contribution is 14.1. The number of nitrogens with one attached hydrogen (secondary N) is 1. The number of thioether (sulfide) groups is 1. The lowest BCUT2D eigenvalue weighted by atomic mass is 10.3. The van der Waals surface area contributed by atoms with Crippen molar-refractivity contribution in [1.29, 1.82) is 0 Å². The molecular weight excluding hydrogens is 367 g/mol. The highest BCUT2D eigenvalue weighted by Crippen LogP contribution is 2.29. The maximum Gasteiger partial charge on any atom is 0.290 e. The van der Waals surface area contributed by atoms with Crippen LogP contribution in [0.5, 0.6) is 0 Å². The van der Waals surface area contributed by atoms with E-state index in [4.69, 9.17) is 4.42 Å². The van der Waals surface area contributed by atoms with Gasteiger partial charge in [0.15, 0.2) is 5.58 Å². The molecule has 1 fully saturated rings. The lowest BCUT2D eigenvalue weighted by Crippen LogP contribution is -2.17. The minimum atomic E-state index is -0.390.